The quantitative estimate of drug-likeness (QED) is 0.880. The van der Waals surface area contributed by atoms with E-state index < -0.39 is 0 Å². The molecule has 0 fully saturated rings. The second-order valence-electron chi connectivity index (χ2n) is 6.61. The average Bonchev–Trinajstić information content (AvgIpc) is 3.27. The first-order valence-corrected chi connectivity index (χ1v) is 8.73. The molecule has 1 heterocycles. The number of hydrogen-bond donors (Lipinski definition) is 2. The van der Waals surface area contributed by atoms with E-state index in [4.69, 9.17) is 9.47 Å². The van der Waals surface area contributed by atoms with Crippen molar-refractivity contribution in [2.24, 2.45) is 0 Å². The molecular formula is C20H22N2O3. The normalized spacial score (nSPS) is 15.6. The Morgan fingerprint density at radius 3 is 2.84 bits per heavy atom. The topological polar surface area (TPSA) is 59.6 Å². The third-order valence-corrected chi connectivity index (χ3v) is 4.78. The van der Waals surface area contributed by atoms with E-state index >= 15 is 0 Å². The van der Waals surface area contributed by atoms with Gasteiger partial charge in [-0.3, -0.25) is 4.79 Å². The zero-order valence-corrected chi connectivity index (χ0v) is 14.3. The van der Waals surface area contributed by atoms with Gasteiger partial charge in [0.05, 0.1) is 0 Å². The van der Waals surface area contributed by atoms with Gasteiger partial charge in [-0.25, -0.2) is 0 Å². The third kappa shape index (κ3) is 3.40. The van der Waals surface area contributed by atoms with Crippen molar-refractivity contribution in [3.8, 4) is 11.5 Å². The van der Waals surface area contributed by atoms with Crippen LogP contribution in [0.25, 0.3) is 0 Å². The van der Waals surface area contributed by atoms with Crippen LogP contribution in [0.1, 0.15) is 30.0 Å². The Morgan fingerprint density at radius 2 is 1.92 bits per heavy atom. The Labute approximate surface area is 147 Å². The molecule has 1 unspecified atom stereocenters. The Bertz CT molecular complexity index is 804. The highest BCUT2D eigenvalue weighted by Gasteiger charge is 2.16. The summed E-state index contributed by atoms with van der Waals surface area (Å²) in [6.07, 6.45) is 3.53. The molecule has 2 aromatic rings. The summed E-state index contributed by atoms with van der Waals surface area (Å²) < 4.78 is 10.7. The van der Waals surface area contributed by atoms with Crippen molar-refractivity contribution in [2.45, 2.75) is 38.8 Å². The summed E-state index contributed by atoms with van der Waals surface area (Å²) in [5, 5.41) is 6.26. The number of aryl methyl sites for hydroxylation is 2. The summed E-state index contributed by atoms with van der Waals surface area (Å²) in [6.45, 7) is 2.60. The first kappa shape index (κ1) is 15.8. The van der Waals surface area contributed by atoms with E-state index in [1.54, 1.807) is 0 Å². The average molecular weight is 338 g/mol. The van der Waals surface area contributed by atoms with E-state index in [1.807, 2.05) is 25.1 Å². The lowest BCUT2D eigenvalue weighted by Gasteiger charge is -2.16. The fourth-order valence-corrected chi connectivity index (χ4v) is 3.37. The van der Waals surface area contributed by atoms with Crippen LogP contribution in [0.15, 0.2) is 36.4 Å². The molecule has 4 rings (SSSR count). The number of benzene rings is 2. The molecule has 0 bridgehead atoms. The Kier molecular flexibility index (Phi) is 4.22. The number of ether oxygens (including phenoxy) is 2. The first-order chi connectivity index (χ1) is 12.2. The summed E-state index contributed by atoms with van der Waals surface area (Å²) in [6, 6.07) is 11.8. The molecule has 1 amide bonds. The molecule has 2 N–H and O–H groups in total. The highest BCUT2D eigenvalue weighted by molar-refractivity contribution is 5.84. The molecule has 0 aromatic heterocycles. The third-order valence-electron chi connectivity index (χ3n) is 4.78. The monoisotopic (exact) mass is 338 g/mol. The van der Waals surface area contributed by atoms with E-state index in [2.05, 4.69) is 28.8 Å². The number of carbonyl (C=O) groups is 1. The lowest BCUT2D eigenvalue weighted by atomic mass is 10.1. The van der Waals surface area contributed by atoms with Crippen molar-refractivity contribution in [1.82, 2.24) is 5.32 Å². The van der Waals surface area contributed by atoms with Crippen molar-refractivity contribution >= 4 is 11.6 Å². The number of fused-ring (bicyclic) bond motifs is 2. The van der Waals surface area contributed by atoms with E-state index in [0.717, 1.165) is 29.2 Å². The summed E-state index contributed by atoms with van der Waals surface area (Å²) in [5.41, 5.74) is 4.83. The van der Waals surface area contributed by atoms with Crippen molar-refractivity contribution in [3.63, 3.8) is 0 Å². The second-order valence-corrected chi connectivity index (χ2v) is 6.61. The largest absolute Gasteiger partial charge is 0.454 e. The minimum Gasteiger partial charge on any atom is -0.454 e. The van der Waals surface area contributed by atoms with Crippen LogP contribution in [0.3, 0.4) is 0 Å². The zero-order chi connectivity index (χ0) is 17.2. The molecule has 0 saturated heterocycles. The van der Waals surface area contributed by atoms with Crippen LogP contribution >= 0.6 is 0 Å². The van der Waals surface area contributed by atoms with Gasteiger partial charge in [-0.1, -0.05) is 12.1 Å². The molecule has 2 aliphatic rings. The van der Waals surface area contributed by atoms with Gasteiger partial charge in [-0.2, -0.15) is 0 Å². The van der Waals surface area contributed by atoms with Crippen LogP contribution in [0.2, 0.25) is 0 Å². The minimum atomic E-state index is -0.298. The highest BCUT2D eigenvalue weighted by atomic mass is 16.7. The molecule has 1 aliphatic heterocycles. The Morgan fingerprint density at radius 1 is 1.08 bits per heavy atom. The molecule has 5 nitrogen and oxygen atoms in total. The minimum absolute atomic E-state index is 0.0295. The van der Waals surface area contributed by atoms with Crippen LogP contribution in [-0.4, -0.2) is 18.7 Å². The van der Waals surface area contributed by atoms with E-state index in [-0.39, 0.29) is 18.7 Å². The molecule has 0 spiro atoms. The van der Waals surface area contributed by atoms with Crippen LogP contribution in [0.4, 0.5) is 5.69 Å². The van der Waals surface area contributed by atoms with E-state index in [0.29, 0.717) is 6.54 Å². The highest BCUT2D eigenvalue weighted by Crippen LogP contribution is 2.32. The van der Waals surface area contributed by atoms with E-state index in [1.165, 1.54) is 24.0 Å². The predicted octanol–water partition coefficient (Wildman–Crippen LogP) is 3.02. The van der Waals surface area contributed by atoms with Gasteiger partial charge >= 0.3 is 0 Å². The lowest BCUT2D eigenvalue weighted by Crippen LogP contribution is -2.37. The standard InChI is InChI=1S/C20H22N2O3/c1-13(22-17-7-6-15-3-2-4-16(15)10-17)20(23)21-11-14-5-8-18-19(9-14)25-12-24-18/h5-10,13,22H,2-4,11-12H2,1H3,(H,21,23). The summed E-state index contributed by atoms with van der Waals surface area (Å²) in [7, 11) is 0. The lowest BCUT2D eigenvalue weighted by molar-refractivity contribution is -0.121. The molecule has 130 valence electrons. The predicted molar refractivity (Wildman–Crippen MR) is 96.0 cm³/mol. The van der Waals surface area contributed by atoms with Crippen molar-refractivity contribution in [3.05, 3.63) is 53.1 Å². The number of nitrogens with one attached hydrogen (secondary N) is 2. The summed E-state index contributed by atoms with van der Waals surface area (Å²) in [4.78, 5) is 12.4. The first-order valence-electron chi connectivity index (χ1n) is 8.73. The number of rotatable bonds is 5. The van der Waals surface area contributed by atoms with Gasteiger partial charge in [0.25, 0.3) is 0 Å². The maximum absolute atomic E-state index is 12.4. The molecule has 0 radical (unpaired) electrons. The summed E-state index contributed by atoms with van der Waals surface area (Å²) >= 11 is 0. The van der Waals surface area contributed by atoms with Crippen molar-refractivity contribution in [2.75, 3.05) is 12.1 Å². The number of anilines is 1. The van der Waals surface area contributed by atoms with Gasteiger partial charge in [-0.15, -0.1) is 0 Å². The van der Waals surface area contributed by atoms with Crippen LogP contribution in [-0.2, 0) is 24.2 Å². The van der Waals surface area contributed by atoms with Crippen molar-refractivity contribution < 1.29 is 14.3 Å². The maximum Gasteiger partial charge on any atom is 0.242 e. The fourth-order valence-electron chi connectivity index (χ4n) is 3.37. The maximum atomic E-state index is 12.4. The van der Waals surface area contributed by atoms with Crippen LogP contribution in [0.5, 0.6) is 11.5 Å². The van der Waals surface area contributed by atoms with Gasteiger partial charge < -0.3 is 20.1 Å². The van der Waals surface area contributed by atoms with Gasteiger partial charge in [0.15, 0.2) is 11.5 Å². The number of hydrogen-bond acceptors (Lipinski definition) is 4. The SMILES string of the molecule is CC(Nc1ccc2c(c1)CCC2)C(=O)NCc1ccc2c(c1)OCO2. The number of carbonyl (C=O) groups excluding carboxylic acids is 1. The number of amides is 1. The molecule has 2 aromatic carbocycles. The summed E-state index contributed by atoms with van der Waals surface area (Å²) in [5.74, 6) is 1.45. The smallest absolute Gasteiger partial charge is 0.242 e. The van der Waals surface area contributed by atoms with Gasteiger partial charge in [0, 0.05) is 12.2 Å². The molecule has 1 aliphatic carbocycles. The Balaban J connectivity index is 1.33. The zero-order valence-electron chi connectivity index (χ0n) is 14.3. The second kappa shape index (κ2) is 6.67. The van der Waals surface area contributed by atoms with Crippen LogP contribution < -0.4 is 20.1 Å². The van der Waals surface area contributed by atoms with Gasteiger partial charge in [0.2, 0.25) is 12.7 Å². The Hall–Kier alpha value is -2.69. The molecule has 1 atom stereocenters. The molecular weight excluding hydrogens is 316 g/mol. The van der Waals surface area contributed by atoms with Gasteiger partial charge in [-0.05, 0) is 67.1 Å². The van der Waals surface area contributed by atoms with Crippen molar-refractivity contribution in [1.29, 1.82) is 0 Å². The van der Waals surface area contributed by atoms with Crippen LogP contribution in [0, 0.1) is 0 Å². The molecule has 5 heteroatoms. The van der Waals surface area contributed by atoms with Gasteiger partial charge in [0.1, 0.15) is 6.04 Å². The molecule has 0 saturated carbocycles. The van der Waals surface area contributed by atoms with E-state index in [9.17, 15) is 4.79 Å². The fraction of sp³-hybridized carbons (Fsp3) is 0.350. The molecule has 25 heavy (non-hydrogen) atoms.